The van der Waals surface area contributed by atoms with Gasteiger partial charge in [0, 0.05) is 18.4 Å². The molecule has 4 nitrogen and oxygen atoms in total. The molecule has 1 heterocycles. The molecule has 1 aromatic carbocycles. The molecule has 0 bridgehead atoms. The molecule has 0 aliphatic carbocycles. The molecule has 0 radical (unpaired) electrons. The molecule has 0 fully saturated rings. The monoisotopic (exact) mass is 319 g/mol. The van der Waals surface area contributed by atoms with Gasteiger partial charge in [-0.2, -0.15) is 5.26 Å². The molecule has 120 valence electrons. The van der Waals surface area contributed by atoms with Crippen LogP contribution in [0, 0.1) is 23.0 Å². The Bertz CT molecular complexity index is 707. The summed E-state index contributed by atoms with van der Waals surface area (Å²) in [5.74, 6) is -3.10. The van der Waals surface area contributed by atoms with Crippen molar-refractivity contribution in [1.29, 1.82) is 5.26 Å². The van der Waals surface area contributed by atoms with Crippen LogP contribution in [0.4, 0.5) is 8.78 Å². The van der Waals surface area contributed by atoms with E-state index in [1.165, 1.54) is 19.5 Å². The summed E-state index contributed by atoms with van der Waals surface area (Å²) in [5.41, 5.74) is 0.633. The van der Waals surface area contributed by atoms with Crippen LogP contribution in [-0.2, 0) is 9.53 Å². The third-order valence-corrected chi connectivity index (χ3v) is 3.54. The van der Waals surface area contributed by atoms with Crippen molar-refractivity contribution >= 4 is 5.97 Å². The number of nitriles is 1. The Morgan fingerprint density at radius 1 is 1.39 bits per heavy atom. The molecule has 23 heavy (non-hydrogen) atoms. The topological polar surface area (TPSA) is 63.2 Å². The van der Waals surface area contributed by atoms with Crippen LogP contribution in [0.3, 0.4) is 0 Å². The largest absolute Gasteiger partial charge is 0.472 e. The van der Waals surface area contributed by atoms with E-state index in [-0.39, 0.29) is 18.6 Å². The maximum atomic E-state index is 14.1. The molecule has 0 amide bonds. The van der Waals surface area contributed by atoms with Crippen molar-refractivity contribution in [2.45, 2.75) is 25.2 Å². The highest BCUT2D eigenvalue weighted by atomic mass is 19.1. The molecule has 6 heteroatoms. The number of benzene rings is 1. The van der Waals surface area contributed by atoms with E-state index < -0.39 is 29.4 Å². The fourth-order valence-corrected chi connectivity index (χ4v) is 2.48. The lowest BCUT2D eigenvalue weighted by molar-refractivity contribution is -0.141. The molecule has 0 spiro atoms. The second-order valence-corrected chi connectivity index (χ2v) is 5.06. The Hall–Kier alpha value is -2.68. The smallest absolute Gasteiger partial charge is 0.302 e. The van der Waals surface area contributed by atoms with Crippen molar-refractivity contribution in [2.24, 2.45) is 0 Å². The highest BCUT2D eigenvalue weighted by Crippen LogP contribution is 2.37. The number of carbonyl (C=O) groups excluding carboxylic acids is 1. The first-order valence-electron chi connectivity index (χ1n) is 7.03. The fraction of sp³-hybridized carbons (Fsp3) is 0.294. The van der Waals surface area contributed by atoms with E-state index in [1.54, 1.807) is 6.07 Å². The van der Waals surface area contributed by atoms with Crippen molar-refractivity contribution in [3.05, 3.63) is 59.6 Å². The summed E-state index contributed by atoms with van der Waals surface area (Å²) >= 11 is 0. The van der Waals surface area contributed by atoms with Crippen LogP contribution >= 0.6 is 0 Å². The second-order valence-electron chi connectivity index (χ2n) is 5.06. The van der Waals surface area contributed by atoms with Gasteiger partial charge in [0.05, 0.1) is 31.1 Å². The van der Waals surface area contributed by atoms with Crippen molar-refractivity contribution in [1.82, 2.24) is 0 Å². The van der Waals surface area contributed by atoms with Crippen LogP contribution in [0.25, 0.3) is 0 Å². The van der Waals surface area contributed by atoms with Gasteiger partial charge < -0.3 is 9.15 Å². The van der Waals surface area contributed by atoms with Crippen LogP contribution < -0.4 is 0 Å². The van der Waals surface area contributed by atoms with E-state index in [4.69, 9.17) is 9.15 Å². The summed E-state index contributed by atoms with van der Waals surface area (Å²) in [5, 5.41) is 9.48. The number of esters is 1. The van der Waals surface area contributed by atoms with E-state index >= 15 is 0 Å². The average molecular weight is 319 g/mol. The molecule has 2 rings (SSSR count). The number of hydrogen-bond acceptors (Lipinski definition) is 4. The molecule has 2 atom stereocenters. The number of rotatable bonds is 6. The van der Waals surface area contributed by atoms with E-state index in [0.29, 0.717) is 5.56 Å². The Morgan fingerprint density at radius 2 is 2.17 bits per heavy atom. The molecule has 0 N–H and O–H groups in total. The summed E-state index contributed by atoms with van der Waals surface area (Å²) in [4.78, 5) is 10.9. The maximum absolute atomic E-state index is 14.1. The SMILES string of the molecule is CC(=O)OCC[C@H](c1cc(F)ccc1F)[C@@H](C#N)c1ccoc1. The summed E-state index contributed by atoms with van der Waals surface area (Å²) in [6.07, 6.45) is 2.98. The van der Waals surface area contributed by atoms with Crippen molar-refractivity contribution in [3.63, 3.8) is 0 Å². The number of furan rings is 1. The van der Waals surface area contributed by atoms with Gasteiger partial charge in [0.2, 0.25) is 0 Å². The Kier molecular flexibility index (Phi) is 5.47. The molecule has 0 aliphatic heterocycles. The third kappa shape index (κ3) is 4.16. The minimum atomic E-state index is -0.749. The zero-order chi connectivity index (χ0) is 16.8. The summed E-state index contributed by atoms with van der Waals surface area (Å²) in [7, 11) is 0. The zero-order valence-electron chi connectivity index (χ0n) is 12.5. The van der Waals surface area contributed by atoms with Gasteiger partial charge in [-0.3, -0.25) is 4.79 Å². The second kappa shape index (κ2) is 7.54. The molecular formula is C17H15F2NO3. The van der Waals surface area contributed by atoms with Crippen LogP contribution in [0.1, 0.15) is 36.3 Å². The van der Waals surface area contributed by atoms with Crippen LogP contribution in [0.2, 0.25) is 0 Å². The van der Waals surface area contributed by atoms with Gasteiger partial charge in [-0.1, -0.05) is 0 Å². The predicted octanol–water partition coefficient (Wildman–Crippen LogP) is 3.90. The number of hydrogen-bond donors (Lipinski definition) is 0. The lowest BCUT2D eigenvalue weighted by atomic mass is 9.81. The van der Waals surface area contributed by atoms with E-state index in [9.17, 15) is 18.8 Å². The van der Waals surface area contributed by atoms with Crippen LogP contribution in [0.15, 0.2) is 41.2 Å². The first-order valence-corrected chi connectivity index (χ1v) is 7.03. The first-order chi connectivity index (χ1) is 11.0. The van der Waals surface area contributed by atoms with Gasteiger partial charge in [0.1, 0.15) is 11.6 Å². The number of ether oxygens (including phenoxy) is 1. The molecule has 0 unspecified atom stereocenters. The number of nitrogens with zero attached hydrogens (tertiary/aromatic N) is 1. The Morgan fingerprint density at radius 3 is 2.78 bits per heavy atom. The third-order valence-electron chi connectivity index (χ3n) is 3.54. The van der Waals surface area contributed by atoms with Crippen molar-refractivity contribution in [2.75, 3.05) is 6.61 Å². The lowest BCUT2D eigenvalue weighted by Gasteiger charge is -2.22. The van der Waals surface area contributed by atoms with Gasteiger partial charge in [-0.05, 0) is 36.2 Å². The van der Waals surface area contributed by atoms with E-state index in [1.807, 2.05) is 0 Å². The normalized spacial score (nSPS) is 13.1. The standard InChI is InChI=1S/C17H15F2NO3/c1-11(21)23-7-5-14(15-8-13(18)2-3-17(15)19)16(9-20)12-4-6-22-10-12/h2-4,6,8,10,14,16H,5,7H2,1H3/t14-,16+/m1/s1. The predicted molar refractivity (Wildman–Crippen MR) is 77.4 cm³/mol. The van der Waals surface area contributed by atoms with Gasteiger partial charge >= 0.3 is 5.97 Å². The zero-order valence-corrected chi connectivity index (χ0v) is 12.5. The minimum absolute atomic E-state index is 0.00594. The van der Waals surface area contributed by atoms with Gasteiger partial charge in [0.15, 0.2) is 0 Å². The Balaban J connectivity index is 2.36. The number of carbonyl (C=O) groups is 1. The molecule has 2 aromatic rings. The van der Waals surface area contributed by atoms with Gasteiger partial charge in [-0.15, -0.1) is 0 Å². The van der Waals surface area contributed by atoms with Crippen molar-refractivity contribution in [3.8, 4) is 6.07 Å². The highest BCUT2D eigenvalue weighted by Gasteiger charge is 2.28. The minimum Gasteiger partial charge on any atom is -0.472 e. The summed E-state index contributed by atoms with van der Waals surface area (Å²) in [6.45, 7) is 1.27. The van der Waals surface area contributed by atoms with E-state index in [2.05, 4.69) is 6.07 Å². The number of halogens is 2. The van der Waals surface area contributed by atoms with Crippen LogP contribution in [-0.4, -0.2) is 12.6 Å². The quantitative estimate of drug-likeness (QED) is 0.758. The van der Waals surface area contributed by atoms with Gasteiger partial charge in [0.25, 0.3) is 0 Å². The first kappa shape index (κ1) is 16.7. The molecule has 1 aromatic heterocycles. The highest BCUT2D eigenvalue weighted by molar-refractivity contribution is 5.65. The summed E-state index contributed by atoms with van der Waals surface area (Å²) < 4.78 is 37.5. The summed E-state index contributed by atoms with van der Waals surface area (Å²) in [6, 6.07) is 6.80. The van der Waals surface area contributed by atoms with E-state index in [0.717, 1.165) is 18.2 Å². The average Bonchev–Trinajstić information content (AvgIpc) is 3.03. The van der Waals surface area contributed by atoms with Gasteiger partial charge in [-0.25, -0.2) is 8.78 Å². The Labute approximate surface area is 132 Å². The fourth-order valence-electron chi connectivity index (χ4n) is 2.48. The lowest BCUT2D eigenvalue weighted by Crippen LogP contribution is -2.15. The molecule has 0 saturated carbocycles. The van der Waals surface area contributed by atoms with Crippen LogP contribution in [0.5, 0.6) is 0 Å². The molecular weight excluding hydrogens is 304 g/mol. The van der Waals surface area contributed by atoms with Crippen molar-refractivity contribution < 1.29 is 22.7 Å². The molecule has 0 aliphatic rings. The molecule has 0 saturated heterocycles. The maximum Gasteiger partial charge on any atom is 0.302 e.